The Morgan fingerprint density at radius 1 is 1.28 bits per heavy atom. The number of rotatable bonds is 3. The van der Waals surface area contributed by atoms with Crippen molar-refractivity contribution >= 4 is 6.09 Å². The molecule has 0 bridgehead atoms. The van der Waals surface area contributed by atoms with Crippen molar-refractivity contribution in [3.8, 4) is 0 Å². The third-order valence-corrected chi connectivity index (χ3v) is 3.45. The van der Waals surface area contributed by atoms with Gasteiger partial charge < -0.3 is 15.0 Å². The molecule has 104 valence electrons. The first-order chi connectivity index (χ1) is 8.46. The monoisotopic (exact) mass is 254 g/mol. The largest absolute Gasteiger partial charge is 0.444 e. The summed E-state index contributed by atoms with van der Waals surface area (Å²) in [7, 11) is 0. The number of piperidine rings is 1. The SMILES string of the molecule is CC(C)(C)OC(=O)N(CC1CCCCN1)C1CC1. The van der Waals surface area contributed by atoms with Crippen LogP contribution in [0.5, 0.6) is 0 Å². The van der Waals surface area contributed by atoms with Crippen LogP contribution < -0.4 is 5.32 Å². The number of nitrogens with one attached hydrogen (secondary N) is 1. The standard InChI is InChI=1S/C14H26N2O2/c1-14(2,3)18-13(17)16(12-7-8-12)10-11-6-4-5-9-15-11/h11-12,15H,4-10H2,1-3H3. The summed E-state index contributed by atoms with van der Waals surface area (Å²) in [6, 6.07) is 0.871. The van der Waals surface area contributed by atoms with E-state index in [1.807, 2.05) is 25.7 Å². The molecule has 18 heavy (non-hydrogen) atoms. The number of carbonyl (C=O) groups is 1. The van der Waals surface area contributed by atoms with E-state index in [1.54, 1.807) is 0 Å². The molecule has 1 N–H and O–H groups in total. The summed E-state index contributed by atoms with van der Waals surface area (Å²) in [5, 5.41) is 3.50. The van der Waals surface area contributed by atoms with Gasteiger partial charge in [-0.05, 0) is 53.0 Å². The van der Waals surface area contributed by atoms with Crippen LogP contribution in [0.4, 0.5) is 4.79 Å². The molecule has 0 spiro atoms. The van der Waals surface area contributed by atoms with E-state index in [0.29, 0.717) is 12.1 Å². The zero-order valence-electron chi connectivity index (χ0n) is 11.9. The highest BCUT2D eigenvalue weighted by molar-refractivity contribution is 5.69. The Labute approximate surface area is 110 Å². The second-order valence-corrected chi connectivity index (χ2v) is 6.51. The summed E-state index contributed by atoms with van der Waals surface area (Å²) in [6.07, 6.45) is 5.82. The number of hydrogen-bond acceptors (Lipinski definition) is 3. The summed E-state index contributed by atoms with van der Waals surface area (Å²) in [6.45, 7) is 7.66. The molecule has 2 fully saturated rings. The van der Waals surface area contributed by atoms with E-state index >= 15 is 0 Å². The van der Waals surface area contributed by atoms with Crippen LogP contribution in [0.2, 0.25) is 0 Å². The Hall–Kier alpha value is -0.770. The average Bonchev–Trinajstić information content (AvgIpc) is 3.08. The zero-order chi connectivity index (χ0) is 13.2. The summed E-state index contributed by atoms with van der Waals surface area (Å²) >= 11 is 0. The van der Waals surface area contributed by atoms with Gasteiger partial charge in [-0.15, -0.1) is 0 Å². The Bertz CT molecular complexity index is 289. The molecule has 0 aromatic heterocycles. The molecule has 1 amide bonds. The Morgan fingerprint density at radius 2 is 2.00 bits per heavy atom. The Kier molecular flexibility index (Phi) is 4.15. The first-order valence-corrected chi connectivity index (χ1v) is 7.19. The van der Waals surface area contributed by atoms with Crippen LogP contribution in [0.1, 0.15) is 52.9 Å². The second-order valence-electron chi connectivity index (χ2n) is 6.51. The van der Waals surface area contributed by atoms with Crippen molar-refractivity contribution in [1.29, 1.82) is 0 Å². The van der Waals surface area contributed by atoms with Gasteiger partial charge >= 0.3 is 6.09 Å². The van der Waals surface area contributed by atoms with Crippen LogP contribution in [-0.2, 0) is 4.74 Å². The van der Waals surface area contributed by atoms with Crippen LogP contribution in [0, 0.1) is 0 Å². The molecule has 1 saturated heterocycles. The van der Waals surface area contributed by atoms with E-state index in [4.69, 9.17) is 4.74 Å². The summed E-state index contributed by atoms with van der Waals surface area (Å²) in [4.78, 5) is 14.1. The molecule has 4 heteroatoms. The molecule has 1 unspecified atom stereocenters. The number of nitrogens with zero attached hydrogens (tertiary/aromatic N) is 1. The van der Waals surface area contributed by atoms with Crippen molar-refractivity contribution < 1.29 is 9.53 Å². The third-order valence-electron chi connectivity index (χ3n) is 3.45. The van der Waals surface area contributed by atoms with E-state index in [0.717, 1.165) is 25.9 Å². The van der Waals surface area contributed by atoms with Crippen molar-refractivity contribution in [3.05, 3.63) is 0 Å². The highest BCUT2D eigenvalue weighted by atomic mass is 16.6. The van der Waals surface area contributed by atoms with Crippen LogP contribution in [0.3, 0.4) is 0 Å². The molecule has 1 saturated carbocycles. The average molecular weight is 254 g/mol. The van der Waals surface area contributed by atoms with Gasteiger partial charge in [-0.3, -0.25) is 0 Å². The molecule has 2 aliphatic rings. The predicted octanol–water partition coefficient (Wildman–Crippen LogP) is 2.53. The number of ether oxygens (including phenoxy) is 1. The molecule has 0 radical (unpaired) electrons. The van der Waals surface area contributed by atoms with Crippen LogP contribution in [0.15, 0.2) is 0 Å². The van der Waals surface area contributed by atoms with Gasteiger partial charge in [0.25, 0.3) is 0 Å². The Balaban J connectivity index is 1.88. The van der Waals surface area contributed by atoms with Crippen molar-refractivity contribution in [3.63, 3.8) is 0 Å². The molecule has 4 nitrogen and oxygen atoms in total. The van der Waals surface area contributed by atoms with Crippen molar-refractivity contribution in [1.82, 2.24) is 10.2 Å². The summed E-state index contributed by atoms with van der Waals surface area (Å²) in [5.41, 5.74) is -0.399. The molecular weight excluding hydrogens is 228 g/mol. The maximum atomic E-state index is 12.2. The van der Waals surface area contributed by atoms with Gasteiger partial charge in [0.1, 0.15) is 5.60 Å². The molecule has 0 aromatic carbocycles. The van der Waals surface area contributed by atoms with Gasteiger partial charge in [0.05, 0.1) is 0 Å². The highest BCUT2D eigenvalue weighted by Crippen LogP contribution is 2.29. The molecule has 2 rings (SSSR count). The van der Waals surface area contributed by atoms with Gasteiger partial charge in [0, 0.05) is 18.6 Å². The number of carbonyl (C=O) groups excluding carboxylic acids is 1. The van der Waals surface area contributed by atoms with Crippen LogP contribution >= 0.6 is 0 Å². The van der Waals surface area contributed by atoms with Gasteiger partial charge in [0.2, 0.25) is 0 Å². The Morgan fingerprint density at radius 3 is 2.50 bits per heavy atom. The predicted molar refractivity (Wildman–Crippen MR) is 71.6 cm³/mol. The molecule has 1 atom stereocenters. The highest BCUT2D eigenvalue weighted by Gasteiger charge is 2.36. The lowest BCUT2D eigenvalue weighted by atomic mass is 10.0. The van der Waals surface area contributed by atoms with E-state index in [-0.39, 0.29) is 6.09 Å². The minimum absolute atomic E-state index is 0.141. The summed E-state index contributed by atoms with van der Waals surface area (Å²) < 4.78 is 5.50. The van der Waals surface area contributed by atoms with E-state index in [9.17, 15) is 4.79 Å². The third kappa shape index (κ3) is 4.16. The topological polar surface area (TPSA) is 41.6 Å². The lowest BCUT2D eigenvalue weighted by Crippen LogP contribution is -2.48. The summed E-state index contributed by atoms with van der Waals surface area (Å²) in [5.74, 6) is 0. The first-order valence-electron chi connectivity index (χ1n) is 7.19. The molecule has 0 aromatic rings. The number of amides is 1. The van der Waals surface area contributed by atoms with Crippen LogP contribution in [0.25, 0.3) is 0 Å². The second kappa shape index (κ2) is 5.47. The van der Waals surface area contributed by atoms with E-state index in [2.05, 4.69) is 5.32 Å². The maximum Gasteiger partial charge on any atom is 0.410 e. The molecule has 1 aliphatic heterocycles. The molecular formula is C14H26N2O2. The van der Waals surface area contributed by atoms with Gasteiger partial charge in [-0.25, -0.2) is 4.79 Å². The van der Waals surface area contributed by atoms with Crippen LogP contribution in [-0.4, -0.2) is 41.8 Å². The zero-order valence-corrected chi connectivity index (χ0v) is 11.9. The van der Waals surface area contributed by atoms with E-state index < -0.39 is 5.60 Å². The molecule has 1 aliphatic carbocycles. The number of hydrogen-bond donors (Lipinski definition) is 1. The normalized spacial score (nSPS) is 24.7. The quantitative estimate of drug-likeness (QED) is 0.841. The van der Waals surface area contributed by atoms with Crippen molar-refractivity contribution in [2.75, 3.05) is 13.1 Å². The first kappa shape index (κ1) is 13.7. The fraction of sp³-hybridized carbons (Fsp3) is 0.929. The van der Waals surface area contributed by atoms with Gasteiger partial charge in [0.15, 0.2) is 0 Å². The van der Waals surface area contributed by atoms with E-state index in [1.165, 1.54) is 19.3 Å². The fourth-order valence-corrected chi connectivity index (χ4v) is 2.40. The van der Waals surface area contributed by atoms with Crippen molar-refractivity contribution in [2.24, 2.45) is 0 Å². The minimum atomic E-state index is -0.399. The van der Waals surface area contributed by atoms with Crippen molar-refractivity contribution in [2.45, 2.75) is 70.6 Å². The fourth-order valence-electron chi connectivity index (χ4n) is 2.40. The van der Waals surface area contributed by atoms with Gasteiger partial charge in [-0.1, -0.05) is 6.42 Å². The van der Waals surface area contributed by atoms with Gasteiger partial charge in [-0.2, -0.15) is 0 Å². The molecule has 1 heterocycles. The maximum absolute atomic E-state index is 12.2. The lowest BCUT2D eigenvalue weighted by Gasteiger charge is -2.32. The smallest absolute Gasteiger partial charge is 0.410 e. The lowest BCUT2D eigenvalue weighted by molar-refractivity contribution is 0.0209. The minimum Gasteiger partial charge on any atom is -0.444 e.